The highest BCUT2D eigenvalue weighted by Crippen LogP contribution is 2.26. The number of carbonyl (C=O) groups is 1. The number of aromatic amines is 1. The van der Waals surface area contributed by atoms with Crippen molar-refractivity contribution in [3.8, 4) is 17.5 Å². The zero-order valence-corrected chi connectivity index (χ0v) is 18.4. The zero-order chi connectivity index (χ0) is 23.1. The molecule has 11 heteroatoms. The van der Waals surface area contributed by atoms with E-state index in [4.69, 9.17) is 4.98 Å². The van der Waals surface area contributed by atoms with E-state index in [1.165, 1.54) is 0 Å². The predicted molar refractivity (Wildman–Crippen MR) is 120 cm³/mol. The van der Waals surface area contributed by atoms with Gasteiger partial charge in [0.2, 0.25) is 5.91 Å². The number of hydrogen-bond acceptors (Lipinski definition) is 7. The largest absolute Gasteiger partial charge is 0.340 e. The number of likely N-dealkylation sites (N-methyl/N-ethyl adjacent to an activating group) is 1. The molecule has 0 radical (unpaired) electrons. The Kier molecular flexibility index (Phi) is 5.14. The molecule has 168 valence electrons. The second-order valence-electron chi connectivity index (χ2n) is 8.52. The van der Waals surface area contributed by atoms with Crippen LogP contribution in [-0.4, -0.2) is 78.6 Å². The third-order valence-corrected chi connectivity index (χ3v) is 5.91. The van der Waals surface area contributed by atoms with Gasteiger partial charge in [0.25, 0.3) is 0 Å². The molecule has 0 saturated carbocycles. The van der Waals surface area contributed by atoms with Crippen LogP contribution in [0.25, 0.3) is 28.1 Å². The van der Waals surface area contributed by atoms with Crippen LogP contribution in [0.15, 0.2) is 35.5 Å². The molecule has 0 spiro atoms. The van der Waals surface area contributed by atoms with Crippen molar-refractivity contribution >= 4 is 22.6 Å². The summed E-state index contributed by atoms with van der Waals surface area (Å²) < 4.78 is 3.30. The topological polar surface area (TPSA) is 128 Å². The first-order chi connectivity index (χ1) is 15.9. The minimum Gasteiger partial charge on any atom is -0.340 e. The highest BCUT2D eigenvalue weighted by molar-refractivity contribution is 5.80. The van der Waals surface area contributed by atoms with Crippen molar-refractivity contribution in [1.82, 2.24) is 38.9 Å². The van der Waals surface area contributed by atoms with Crippen LogP contribution >= 0.6 is 0 Å². The summed E-state index contributed by atoms with van der Waals surface area (Å²) in [6, 6.07) is 5.37. The molecule has 1 amide bonds. The van der Waals surface area contributed by atoms with E-state index in [2.05, 4.69) is 21.1 Å². The zero-order valence-electron chi connectivity index (χ0n) is 18.4. The number of carbonyl (C=O) groups excluding carboxylic acids is 1. The summed E-state index contributed by atoms with van der Waals surface area (Å²) in [4.78, 5) is 41.1. The van der Waals surface area contributed by atoms with Gasteiger partial charge in [0, 0.05) is 19.3 Å². The minimum atomic E-state index is -0.269. The Morgan fingerprint density at radius 2 is 2.21 bits per heavy atom. The van der Waals surface area contributed by atoms with E-state index in [1.54, 1.807) is 39.8 Å². The molecule has 1 aliphatic heterocycles. The molecule has 0 unspecified atom stereocenters. The predicted octanol–water partition coefficient (Wildman–Crippen LogP) is 1.03. The molecule has 0 aliphatic carbocycles. The number of H-pyrrole nitrogens is 1. The van der Waals surface area contributed by atoms with Crippen molar-refractivity contribution < 1.29 is 4.79 Å². The maximum Gasteiger partial charge on any atom is 0.328 e. The third-order valence-electron chi connectivity index (χ3n) is 5.91. The Morgan fingerprint density at radius 3 is 3.00 bits per heavy atom. The normalized spacial score (nSPS) is 16.5. The molecule has 5 heterocycles. The highest BCUT2D eigenvalue weighted by Gasteiger charge is 2.28. The van der Waals surface area contributed by atoms with Crippen LogP contribution in [0.5, 0.6) is 0 Å². The molecular weight excluding hydrogens is 422 g/mol. The lowest BCUT2D eigenvalue weighted by atomic mass is 10.1. The van der Waals surface area contributed by atoms with Gasteiger partial charge < -0.3 is 14.8 Å². The van der Waals surface area contributed by atoms with Gasteiger partial charge in [-0.2, -0.15) is 10.4 Å². The van der Waals surface area contributed by atoms with Crippen LogP contribution in [0.2, 0.25) is 0 Å². The summed E-state index contributed by atoms with van der Waals surface area (Å²) >= 11 is 0. The van der Waals surface area contributed by atoms with E-state index in [0.717, 1.165) is 12.8 Å². The van der Waals surface area contributed by atoms with Gasteiger partial charge in [0.1, 0.15) is 5.52 Å². The Labute approximate surface area is 188 Å². The van der Waals surface area contributed by atoms with Gasteiger partial charge in [-0.3, -0.25) is 9.36 Å². The number of nitriles is 1. The number of fused-ring (bicyclic) bond motifs is 2. The van der Waals surface area contributed by atoms with Crippen molar-refractivity contribution in [3.05, 3.63) is 46.8 Å². The first kappa shape index (κ1) is 20.8. The number of nitrogens with one attached hydrogen (secondary N) is 1. The molecule has 1 saturated heterocycles. The Bertz CT molecular complexity index is 1460. The van der Waals surface area contributed by atoms with Gasteiger partial charge in [-0.05, 0) is 39.1 Å². The Morgan fingerprint density at radius 1 is 1.36 bits per heavy atom. The van der Waals surface area contributed by atoms with Crippen LogP contribution in [0.3, 0.4) is 0 Å². The minimum absolute atomic E-state index is 0.0487. The maximum absolute atomic E-state index is 12.9. The average Bonchev–Trinajstić information content (AvgIpc) is 3.37. The van der Waals surface area contributed by atoms with Gasteiger partial charge >= 0.3 is 5.69 Å². The fraction of sp³-hybridized carbons (Fsp3) is 0.364. The molecule has 4 aromatic rings. The van der Waals surface area contributed by atoms with E-state index in [9.17, 15) is 14.9 Å². The molecule has 1 atom stereocenters. The number of hydrogen-bond donors (Lipinski definition) is 1. The van der Waals surface area contributed by atoms with E-state index in [1.807, 2.05) is 23.9 Å². The second kappa shape index (κ2) is 8.14. The SMILES string of the molecule is CN(C)CC(=O)N1CCC[C@H](n2c(=O)[nH]c3cnc(-c4cnn5ccc(C#N)cc45)nc32)C1. The lowest BCUT2D eigenvalue weighted by Gasteiger charge is -2.33. The molecular formula is C22H23N9O2. The average molecular weight is 445 g/mol. The summed E-state index contributed by atoms with van der Waals surface area (Å²) in [6.07, 6.45) is 6.54. The number of imidazole rings is 1. The van der Waals surface area contributed by atoms with Crippen molar-refractivity contribution in [2.24, 2.45) is 0 Å². The molecule has 33 heavy (non-hydrogen) atoms. The standard InChI is InChI=1S/C22H23N9O2/c1-28(2)13-19(32)29-6-3-4-15(12-29)31-21-17(26-22(31)33)11-24-20(27-21)16-10-25-30-7-5-14(9-23)8-18(16)30/h5,7-8,10-11,15H,3-4,6,12-13H2,1-2H3,(H,26,33)/t15-/m0/s1. The Balaban J connectivity index is 1.55. The number of likely N-dealkylation sites (tertiary alicyclic amines) is 1. The molecule has 4 aromatic heterocycles. The summed E-state index contributed by atoms with van der Waals surface area (Å²) in [5, 5.41) is 13.6. The third kappa shape index (κ3) is 3.74. The van der Waals surface area contributed by atoms with Crippen LogP contribution in [0.1, 0.15) is 24.4 Å². The number of piperidine rings is 1. The van der Waals surface area contributed by atoms with Crippen molar-refractivity contribution in [3.63, 3.8) is 0 Å². The summed E-state index contributed by atoms with van der Waals surface area (Å²) in [5.74, 6) is 0.462. The number of aromatic nitrogens is 6. The van der Waals surface area contributed by atoms with E-state index >= 15 is 0 Å². The number of pyridine rings is 1. The first-order valence-electron chi connectivity index (χ1n) is 10.7. The summed E-state index contributed by atoms with van der Waals surface area (Å²) in [7, 11) is 3.73. The monoisotopic (exact) mass is 445 g/mol. The summed E-state index contributed by atoms with van der Waals surface area (Å²) in [5.41, 5.74) is 2.64. The second-order valence-corrected chi connectivity index (χ2v) is 8.52. The quantitative estimate of drug-likeness (QED) is 0.497. The Hall–Kier alpha value is -4.04. The van der Waals surface area contributed by atoms with Gasteiger partial charge in [0.05, 0.1) is 47.7 Å². The number of nitrogens with zero attached hydrogens (tertiary/aromatic N) is 8. The van der Waals surface area contributed by atoms with Crippen LogP contribution in [0, 0.1) is 11.3 Å². The van der Waals surface area contributed by atoms with Crippen LogP contribution in [-0.2, 0) is 4.79 Å². The smallest absolute Gasteiger partial charge is 0.328 e. The highest BCUT2D eigenvalue weighted by atomic mass is 16.2. The molecule has 5 rings (SSSR count). The van der Waals surface area contributed by atoms with E-state index < -0.39 is 0 Å². The number of amides is 1. The van der Waals surface area contributed by atoms with Crippen LogP contribution in [0.4, 0.5) is 0 Å². The molecule has 11 nitrogen and oxygen atoms in total. The molecule has 0 bridgehead atoms. The molecule has 0 aromatic carbocycles. The van der Waals surface area contributed by atoms with Crippen molar-refractivity contribution in [2.75, 3.05) is 33.7 Å². The van der Waals surface area contributed by atoms with Crippen molar-refractivity contribution in [1.29, 1.82) is 5.26 Å². The van der Waals surface area contributed by atoms with Crippen LogP contribution < -0.4 is 5.69 Å². The maximum atomic E-state index is 12.9. The first-order valence-corrected chi connectivity index (χ1v) is 10.7. The van der Waals surface area contributed by atoms with Gasteiger partial charge in [-0.1, -0.05) is 0 Å². The lowest BCUT2D eigenvalue weighted by molar-refractivity contribution is -0.133. The fourth-order valence-electron chi connectivity index (χ4n) is 4.37. The van der Waals surface area contributed by atoms with E-state index in [0.29, 0.717) is 53.3 Å². The molecule has 1 fully saturated rings. The van der Waals surface area contributed by atoms with Crippen molar-refractivity contribution in [2.45, 2.75) is 18.9 Å². The lowest BCUT2D eigenvalue weighted by Crippen LogP contribution is -2.45. The number of rotatable bonds is 4. The van der Waals surface area contributed by atoms with Gasteiger partial charge in [-0.15, -0.1) is 0 Å². The summed E-state index contributed by atoms with van der Waals surface area (Å²) in [6.45, 7) is 1.48. The van der Waals surface area contributed by atoms with Gasteiger partial charge in [-0.25, -0.2) is 19.3 Å². The van der Waals surface area contributed by atoms with Gasteiger partial charge in [0.15, 0.2) is 11.5 Å². The molecule has 1 N–H and O–H groups in total. The molecule has 1 aliphatic rings. The fourth-order valence-corrected chi connectivity index (χ4v) is 4.37. The van der Waals surface area contributed by atoms with E-state index in [-0.39, 0.29) is 17.6 Å².